The van der Waals surface area contributed by atoms with Crippen molar-refractivity contribution in [3.05, 3.63) is 21.9 Å². The standard InChI is InChI=1S/C12H20N2OS/c1-12(2,3)10-6-5-9(16-10)8(13)4-7-11(14)15/h5-6,8H,4,7,13H2,1-3H3,(H2,14,15). The van der Waals surface area contributed by atoms with Crippen molar-refractivity contribution in [3.63, 3.8) is 0 Å². The summed E-state index contributed by atoms with van der Waals surface area (Å²) in [4.78, 5) is 13.1. The van der Waals surface area contributed by atoms with Gasteiger partial charge in [-0.15, -0.1) is 11.3 Å². The van der Waals surface area contributed by atoms with E-state index in [-0.39, 0.29) is 17.4 Å². The second kappa shape index (κ2) is 4.97. The quantitative estimate of drug-likeness (QED) is 0.848. The summed E-state index contributed by atoms with van der Waals surface area (Å²) >= 11 is 1.72. The third-order valence-electron chi connectivity index (χ3n) is 2.43. The molecule has 0 spiro atoms. The lowest BCUT2D eigenvalue weighted by atomic mass is 9.95. The van der Waals surface area contributed by atoms with E-state index in [0.717, 1.165) is 4.88 Å². The van der Waals surface area contributed by atoms with E-state index in [1.807, 2.05) is 0 Å². The molecule has 4 heteroatoms. The second-order valence-corrected chi connectivity index (χ2v) is 6.18. The van der Waals surface area contributed by atoms with Gasteiger partial charge in [-0.1, -0.05) is 20.8 Å². The first-order chi connectivity index (χ1) is 7.30. The molecular weight excluding hydrogens is 220 g/mol. The highest BCUT2D eigenvalue weighted by atomic mass is 32.1. The predicted octanol–water partition coefficient (Wildman–Crippen LogP) is 2.31. The molecule has 1 atom stereocenters. The Kier molecular flexibility index (Phi) is 4.10. The van der Waals surface area contributed by atoms with Gasteiger partial charge in [-0.25, -0.2) is 0 Å². The summed E-state index contributed by atoms with van der Waals surface area (Å²) < 4.78 is 0. The van der Waals surface area contributed by atoms with Crippen LogP contribution in [-0.4, -0.2) is 5.91 Å². The van der Waals surface area contributed by atoms with Crippen molar-refractivity contribution in [1.82, 2.24) is 0 Å². The zero-order chi connectivity index (χ0) is 12.3. The van der Waals surface area contributed by atoms with Crippen LogP contribution < -0.4 is 11.5 Å². The number of amides is 1. The summed E-state index contributed by atoms with van der Waals surface area (Å²) in [7, 11) is 0. The number of rotatable bonds is 4. The average molecular weight is 240 g/mol. The predicted molar refractivity (Wildman–Crippen MR) is 68.4 cm³/mol. The lowest BCUT2D eigenvalue weighted by Crippen LogP contribution is -2.15. The molecule has 0 aliphatic rings. The van der Waals surface area contributed by atoms with Crippen LogP contribution in [-0.2, 0) is 10.2 Å². The highest BCUT2D eigenvalue weighted by Crippen LogP contribution is 2.32. The summed E-state index contributed by atoms with van der Waals surface area (Å²) in [5, 5.41) is 0. The molecule has 0 aliphatic heterocycles. The normalized spacial score (nSPS) is 13.8. The third kappa shape index (κ3) is 3.61. The molecule has 0 saturated heterocycles. The molecule has 1 aromatic heterocycles. The molecule has 0 aliphatic carbocycles. The van der Waals surface area contributed by atoms with E-state index in [2.05, 4.69) is 32.9 Å². The highest BCUT2D eigenvalue weighted by Gasteiger charge is 2.18. The van der Waals surface area contributed by atoms with Crippen molar-refractivity contribution in [2.24, 2.45) is 11.5 Å². The number of thiophene rings is 1. The van der Waals surface area contributed by atoms with Gasteiger partial charge >= 0.3 is 0 Å². The van der Waals surface area contributed by atoms with E-state index in [4.69, 9.17) is 11.5 Å². The fraction of sp³-hybridized carbons (Fsp3) is 0.583. The van der Waals surface area contributed by atoms with Gasteiger partial charge in [0, 0.05) is 22.2 Å². The Hall–Kier alpha value is -0.870. The summed E-state index contributed by atoms with van der Waals surface area (Å²) in [6.07, 6.45) is 0.976. The maximum atomic E-state index is 10.7. The van der Waals surface area contributed by atoms with Crippen LogP contribution in [0, 0.1) is 0 Å². The maximum Gasteiger partial charge on any atom is 0.217 e. The van der Waals surface area contributed by atoms with E-state index in [1.165, 1.54) is 4.88 Å². The Morgan fingerprint density at radius 2 is 2.06 bits per heavy atom. The van der Waals surface area contributed by atoms with Gasteiger partial charge in [0.2, 0.25) is 5.91 Å². The zero-order valence-electron chi connectivity index (χ0n) is 10.1. The van der Waals surface area contributed by atoms with Crippen molar-refractivity contribution in [3.8, 4) is 0 Å². The van der Waals surface area contributed by atoms with E-state index >= 15 is 0 Å². The van der Waals surface area contributed by atoms with E-state index in [0.29, 0.717) is 12.8 Å². The molecule has 1 heterocycles. The Morgan fingerprint density at radius 3 is 2.50 bits per heavy atom. The fourth-order valence-electron chi connectivity index (χ4n) is 1.40. The van der Waals surface area contributed by atoms with Gasteiger partial charge in [0.15, 0.2) is 0 Å². The van der Waals surface area contributed by atoms with Crippen molar-refractivity contribution in [2.75, 3.05) is 0 Å². The number of nitrogens with two attached hydrogens (primary N) is 2. The second-order valence-electron chi connectivity index (χ2n) is 5.06. The minimum atomic E-state index is -0.289. The van der Waals surface area contributed by atoms with Crippen LogP contribution in [0.25, 0.3) is 0 Å². The molecule has 1 amide bonds. The van der Waals surface area contributed by atoms with Crippen LogP contribution in [0.2, 0.25) is 0 Å². The van der Waals surface area contributed by atoms with Gasteiger partial charge in [0.25, 0.3) is 0 Å². The van der Waals surface area contributed by atoms with Crippen molar-refractivity contribution in [1.29, 1.82) is 0 Å². The first kappa shape index (κ1) is 13.2. The maximum absolute atomic E-state index is 10.7. The number of hydrogen-bond acceptors (Lipinski definition) is 3. The number of primary amides is 1. The molecule has 0 aromatic carbocycles. The van der Waals surface area contributed by atoms with Crippen LogP contribution in [0.3, 0.4) is 0 Å². The number of carbonyl (C=O) groups is 1. The zero-order valence-corrected chi connectivity index (χ0v) is 10.9. The monoisotopic (exact) mass is 240 g/mol. The largest absolute Gasteiger partial charge is 0.370 e. The van der Waals surface area contributed by atoms with Gasteiger partial charge in [-0.05, 0) is 24.0 Å². The fourth-order valence-corrected chi connectivity index (χ4v) is 2.50. The van der Waals surface area contributed by atoms with Crippen molar-refractivity contribution in [2.45, 2.75) is 45.1 Å². The lowest BCUT2D eigenvalue weighted by molar-refractivity contribution is -0.118. The molecule has 0 bridgehead atoms. The van der Waals surface area contributed by atoms with E-state index < -0.39 is 0 Å². The number of carbonyl (C=O) groups excluding carboxylic acids is 1. The molecule has 0 radical (unpaired) electrons. The van der Waals surface area contributed by atoms with Gasteiger partial charge in [-0.3, -0.25) is 4.79 Å². The molecule has 16 heavy (non-hydrogen) atoms. The average Bonchev–Trinajstić information content (AvgIpc) is 2.61. The summed E-state index contributed by atoms with van der Waals surface area (Å²) in [6.45, 7) is 6.53. The molecule has 0 saturated carbocycles. The van der Waals surface area contributed by atoms with Crippen LogP contribution in [0.1, 0.15) is 49.4 Å². The molecule has 4 N–H and O–H groups in total. The molecule has 0 fully saturated rings. The van der Waals surface area contributed by atoms with E-state index in [9.17, 15) is 4.79 Å². The Bertz CT molecular complexity index is 365. The van der Waals surface area contributed by atoms with Gasteiger partial charge < -0.3 is 11.5 Å². The van der Waals surface area contributed by atoms with Crippen LogP contribution in [0.4, 0.5) is 0 Å². The first-order valence-electron chi connectivity index (χ1n) is 5.45. The minimum absolute atomic E-state index is 0.0754. The minimum Gasteiger partial charge on any atom is -0.370 e. The molecule has 3 nitrogen and oxygen atoms in total. The van der Waals surface area contributed by atoms with Gasteiger partial charge in [-0.2, -0.15) is 0 Å². The Balaban J connectivity index is 2.67. The molecule has 1 rings (SSSR count). The topological polar surface area (TPSA) is 69.1 Å². The van der Waals surface area contributed by atoms with Gasteiger partial charge in [0.1, 0.15) is 0 Å². The summed E-state index contributed by atoms with van der Waals surface area (Å²) in [5.41, 5.74) is 11.3. The Morgan fingerprint density at radius 1 is 1.44 bits per heavy atom. The highest BCUT2D eigenvalue weighted by molar-refractivity contribution is 7.12. The summed E-state index contributed by atoms with van der Waals surface area (Å²) in [5.74, 6) is -0.289. The van der Waals surface area contributed by atoms with Crippen molar-refractivity contribution < 1.29 is 4.79 Å². The molecule has 1 unspecified atom stereocenters. The molecule has 90 valence electrons. The van der Waals surface area contributed by atoms with Crippen LogP contribution in [0.15, 0.2) is 12.1 Å². The van der Waals surface area contributed by atoms with E-state index in [1.54, 1.807) is 11.3 Å². The summed E-state index contributed by atoms with van der Waals surface area (Å²) in [6, 6.07) is 4.09. The van der Waals surface area contributed by atoms with Crippen LogP contribution in [0.5, 0.6) is 0 Å². The molecule has 1 aromatic rings. The van der Waals surface area contributed by atoms with Crippen molar-refractivity contribution >= 4 is 17.2 Å². The van der Waals surface area contributed by atoms with Crippen LogP contribution >= 0.6 is 11.3 Å². The third-order valence-corrected chi connectivity index (χ3v) is 4.08. The van der Waals surface area contributed by atoms with Gasteiger partial charge in [0.05, 0.1) is 0 Å². The Labute approximate surface area is 101 Å². The lowest BCUT2D eigenvalue weighted by Gasteiger charge is -2.15. The SMILES string of the molecule is CC(C)(C)c1ccc(C(N)CCC(N)=O)s1. The number of hydrogen-bond donors (Lipinski definition) is 2. The molecular formula is C12H20N2OS. The first-order valence-corrected chi connectivity index (χ1v) is 6.26. The smallest absolute Gasteiger partial charge is 0.217 e.